The number of aliphatic hydroxyl groups is 1. The number of benzene rings is 1. The van der Waals surface area contributed by atoms with Crippen LogP contribution in [0.15, 0.2) is 54.6 Å². The number of carbonyl (C=O) groups is 3. The molecule has 1 N–H and O–H groups in total. The molecule has 3 amide bonds. The first-order valence-corrected chi connectivity index (χ1v) is 15.0. The highest BCUT2D eigenvalue weighted by molar-refractivity contribution is 6.00. The van der Waals surface area contributed by atoms with E-state index in [1.165, 1.54) is 0 Å². The summed E-state index contributed by atoms with van der Waals surface area (Å²) in [6.07, 6.45) is 12.3. The molecule has 5 rings (SSSR count). The molecule has 1 aromatic carbocycles. The average Bonchev–Trinajstić information content (AvgIpc) is 3.26. The highest BCUT2D eigenvalue weighted by Crippen LogP contribution is 2.58. The van der Waals surface area contributed by atoms with Crippen LogP contribution in [0.3, 0.4) is 0 Å². The van der Waals surface area contributed by atoms with E-state index in [1.54, 1.807) is 4.90 Å². The molecule has 4 aliphatic rings. The first kappa shape index (κ1) is 28.6. The Labute approximate surface area is 237 Å². The van der Waals surface area contributed by atoms with E-state index in [0.29, 0.717) is 52.0 Å². The maximum absolute atomic E-state index is 14.4. The van der Waals surface area contributed by atoms with Crippen molar-refractivity contribution >= 4 is 17.7 Å². The predicted molar refractivity (Wildman–Crippen MR) is 152 cm³/mol. The smallest absolute Gasteiger partial charge is 0.249 e. The number of likely N-dealkylation sites (tertiary alicyclic amines) is 1. The van der Waals surface area contributed by atoms with Gasteiger partial charge in [-0.15, -0.1) is 0 Å². The maximum atomic E-state index is 14.4. The topological polar surface area (TPSA) is 90.4 Å². The predicted octanol–water partition coefficient (Wildman–Crippen LogP) is 3.31. The molecule has 4 heterocycles. The van der Waals surface area contributed by atoms with Gasteiger partial charge < -0.3 is 24.5 Å². The van der Waals surface area contributed by atoms with E-state index in [-0.39, 0.29) is 24.3 Å². The molecule has 216 valence electrons. The van der Waals surface area contributed by atoms with Crippen molar-refractivity contribution in [3.05, 3.63) is 60.2 Å². The lowest BCUT2D eigenvalue weighted by atomic mass is 9.73. The Kier molecular flexibility index (Phi) is 8.47. The molecule has 0 aromatic heterocycles. The number of nitrogens with zero attached hydrogens (tertiary/aromatic N) is 3. The summed E-state index contributed by atoms with van der Waals surface area (Å²) in [4.78, 5) is 48.4. The molecule has 4 aliphatic heterocycles. The molecule has 0 radical (unpaired) electrons. The standard InChI is InChI=1S/C32H43N3O5/c1-3-5-18-33-19-13-17-32-26(29(38)35(27(32)30(33)39)21-10-7-11-22-36)25-28(37)34(23-24-14-8-6-9-15-24)20-12-16-31(25,4-2)40-32/h6,8-9,12-17,25-27,36H,3-5,7,10-11,18-23H2,1-2H3/t25-,26+,27?,31+,32+/m1/s1. The molecule has 1 aromatic rings. The van der Waals surface area contributed by atoms with Gasteiger partial charge in [0.15, 0.2) is 0 Å². The number of amides is 3. The first-order valence-electron chi connectivity index (χ1n) is 15.0. The fourth-order valence-corrected chi connectivity index (χ4v) is 7.16. The lowest BCUT2D eigenvalue weighted by molar-refractivity contribution is -0.154. The van der Waals surface area contributed by atoms with Gasteiger partial charge in [0, 0.05) is 39.3 Å². The largest absolute Gasteiger partial charge is 0.396 e. The van der Waals surface area contributed by atoms with Crippen molar-refractivity contribution in [2.75, 3.05) is 32.8 Å². The molecule has 2 fully saturated rings. The van der Waals surface area contributed by atoms with E-state index in [2.05, 4.69) is 6.92 Å². The van der Waals surface area contributed by atoms with Crippen LogP contribution in [0.1, 0.15) is 57.9 Å². The van der Waals surface area contributed by atoms with Gasteiger partial charge in [-0.05, 0) is 37.7 Å². The SMILES string of the molecule is CCCCN1CC=C[C@]23O[C@@]4(CC)C=CCN(Cc5ccccc5)C(=O)[C@H]4[C@H]2C(=O)N(CCCCCO)C3C1=O. The number of carbonyl (C=O) groups excluding carboxylic acids is 3. The second kappa shape index (κ2) is 11.9. The van der Waals surface area contributed by atoms with Crippen molar-refractivity contribution in [2.24, 2.45) is 11.8 Å². The highest BCUT2D eigenvalue weighted by Gasteiger charge is 2.75. The zero-order valence-corrected chi connectivity index (χ0v) is 23.8. The summed E-state index contributed by atoms with van der Waals surface area (Å²) in [5.74, 6) is -1.88. The van der Waals surface area contributed by atoms with Crippen LogP contribution in [0.5, 0.6) is 0 Å². The van der Waals surface area contributed by atoms with E-state index < -0.39 is 29.1 Å². The second-order valence-electron chi connectivity index (χ2n) is 11.6. The molecule has 40 heavy (non-hydrogen) atoms. The Balaban J connectivity index is 1.55. The minimum absolute atomic E-state index is 0.0959. The number of rotatable bonds is 11. The van der Waals surface area contributed by atoms with Gasteiger partial charge in [0.2, 0.25) is 17.7 Å². The Hall–Kier alpha value is -2.97. The first-order chi connectivity index (χ1) is 19.4. The van der Waals surface area contributed by atoms with Crippen LogP contribution >= 0.6 is 0 Å². The Morgan fingerprint density at radius 2 is 1.60 bits per heavy atom. The molecule has 8 heteroatoms. The van der Waals surface area contributed by atoms with Crippen LogP contribution < -0.4 is 0 Å². The minimum Gasteiger partial charge on any atom is -0.396 e. The Bertz CT molecular complexity index is 1150. The third-order valence-corrected chi connectivity index (χ3v) is 9.16. The molecular weight excluding hydrogens is 506 g/mol. The number of ether oxygens (including phenoxy) is 1. The van der Waals surface area contributed by atoms with Crippen molar-refractivity contribution in [3.63, 3.8) is 0 Å². The molecule has 0 saturated carbocycles. The highest BCUT2D eigenvalue weighted by atomic mass is 16.5. The van der Waals surface area contributed by atoms with Crippen LogP contribution in [0.2, 0.25) is 0 Å². The number of unbranched alkanes of at least 4 members (excludes halogenated alkanes) is 3. The molecule has 1 unspecified atom stereocenters. The van der Waals surface area contributed by atoms with Crippen LogP contribution in [0, 0.1) is 11.8 Å². The molecule has 8 nitrogen and oxygen atoms in total. The molecule has 1 spiro atoms. The summed E-state index contributed by atoms with van der Waals surface area (Å²) >= 11 is 0. The summed E-state index contributed by atoms with van der Waals surface area (Å²) in [6, 6.07) is 9.07. The zero-order valence-electron chi connectivity index (χ0n) is 23.8. The second-order valence-corrected chi connectivity index (χ2v) is 11.6. The van der Waals surface area contributed by atoms with Crippen molar-refractivity contribution < 1.29 is 24.2 Å². The van der Waals surface area contributed by atoms with E-state index in [4.69, 9.17) is 4.74 Å². The number of hydrogen-bond acceptors (Lipinski definition) is 5. The number of aliphatic hydroxyl groups excluding tert-OH is 1. The zero-order chi connectivity index (χ0) is 28.3. The summed E-state index contributed by atoms with van der Waals surface area (Å²) < 4.78 is 7.03. The van der Waals surface area contributed by atoms with E-state index in [0.717, 1.165) is 24.8 Å². The van der Waals surface area contributed by atoms with Crippen molar-refractivity contribution in [1.29, 1.82) is 0 Å². The fraction of sp³-hybridized carbons (Fsp3) is 0.594. The average molecular weight is 550 g/mol. The van der Waals surface area contributed by atoms with Crippen molar-refractivity contribution in [3.8, 4) is 0 Å². The molecule has 0 bridgehead atoms. The third kappa shape index (κ3) is 4.79. The number of hydrogen-bond donors (Lipinski definition) is 1. The lowest BCUT2D eigenvalue weighted by Gasteiger charge is -2.38. The van der Waals surface area contributed by atoms with Crippen LogP contribution in [0.4, 0.5) is 0 Å². The van der Waals surface area contributed by atoms with E-state index in [9.17, 15) is 19.5 Å². The molecule has 2 saturated heterocycles. The third-order valence-electron chi connectivity index (χ3n) is 9.16. The lowest BCUT2D eigenvalue weighted by Crippen LogP contribution is -2.56. The molecule has 0 aliphatic carbocycles. The Morgan fingerprint density at radius 1 is 0.850 bits per heavy atom. The maximum Gasteiger partial charge on any atom is 0.249 e. The molecular formula is C32H43N3O5. The fourth-order valence-electron chi connectivity index (χ4n) is 7.16. The summed E-state index contributed by atoms with van der Waals surface area (Å²) in [7, 11) is 0. The summed E-state index contributed by atoms with van der Waals surface area (Å²) in [6.45, 7) is 6.56. The normalized spacial score (nSPS) is 31.3. The van der Waals surface area contributed by atoms with Gasteiger partial charge in [0.05, 0.1) is 17.4 Å². The van der Waals surface area contributed by atoms with Gasteiger partial charge in [-0.25, -0.2) is 0 Å². The van der Waals surface area contributed by atoms with E-state index >= 15 is 0 Å². The number of fused-ring (bicyclic) bond motifs is 2. The monoisotopic (exact) mass is 549 g/mol. The van der Waals surface area contributed by atoms with Crippen molar-refractivity contribution in [1.82, 2.24) is 14.7 Å². The van der Waals surface area contributed by atoms with Gasteiger partial charge >= 0.3 is 0 Å². The van der Waals surface area contributed by atoms with Gasteiger partial charge in [-0.2, -0.15) is 0 Å². The summed E-state index contributed by atoms with van der Waals surface area (Å²) in [5, 5.41) is 9.28. The van der Waals surface area contributed by atoms with Crippen LogP contribution in [0.25, 0.3) is 0 Å². The summed E-state index contributed by atoms with van der Waals surface area (Å²) in [5.41, 5.74) is -1.14. The molecule has 5 atom stereocenters. The van der Waals surface area contributed by atoms with Crippen LogP contribution in [-0.2, 0) is 25.7 Å². The van der Waals surface area contributed by atoms with Crippen LogP contribution in [-0.4, -0.2) is 87.6 Å². The van der Waals surface area contributed by atoms with Gasteiger partial charge in [-0.3, -0.25) is 14.4 Å². The Morgan fingerprint density at radius 3 is 2.33 bits per heavy atom. The quantitative estimate of drug-likeness (QED) is 0.338. The minimum atomic E-state index is -1.21. The van der Waals surface area contributed by atoms with Gasteiger partial charge in [-0.1, -0.05) is 74.9 Å². The van der Waals surface area contributed by atoms with E-state index in [1.807, 2.05) is 71.4 Å². The van der Waals surface area contributed by atoms with Gasteiger partial charge in [0.1, 0.15) is 11.6 Å². The van der Waals surface area contributed by atoms with Crippen molar-refractivity contribution in [2.45, 2.75) is 76.2 Å². The van der Waals surface area contributed by atoms with Gasteiger partial charge in [0.25, 0.3) is 0 Å².